The van der Waals surface area contributed by atoms with E-state index in [1.807, 2.05) is 25.1 Å². The summed E-state index contributed by atoms with van der Waals surface area (Å²) in [5, 5.41) is 6.52. The van der Waals surface area contributed by atoms with Crippen LogP contribution >= 0.6 is 0 Å². The fourth-order valence-electron chi connectivity index (χ4n) is 1.62. The number of hydrogen-bond donors (Lipinski definition) is 2. The molecule has 0 aliphatic heterocycles. The van der Waals surface area contributed by atoms with Crippen LogP contribution in [0.2, 0.25) is 0 Å². The highest BCUT2D eigenvalue weighted by Crippen LogP contribution is 2.03. The van der Waals surface area contributed by atoms with Crippen LogP contribution in [0.15, 0.2) is 48.1 Å². The van der Waals surface area contributed by atoms with Crippen LogP contribution in [0.5, 0.6) is 0 Å². The Morgan fingerprint density at radius 1 is 1.24 bits per heavy atom. The number of hydrazone groups is 1. The normalized spacial score (nSPS) is 10.8. The molecule has 1 aromatic carbocycles. The summed E-state index contributed by atoms with van der Waals surface area (Å²) in [6.07, 6.45) is 2.95. The van der Waals surface area contributed by atoms with E-state index in [0.717, 1.165) is 18.6 Å². The third-order valence-electron chi connectivity index (χ3n) is 2.75. The fourth-order valence-corrected chi connectivity index (χ4v) is 1.62. The molecule has 0 atom stereocenters. The molecule has 0 aliphatic carbocycles. The maximum atomic E-state index is 11.5. The zero-order chi connectivity index (χ0) is 15.5. The summed E-state index contributed by atoms with van der Waals surface area (Å²) < 4.78 is 0. The highest BCUT2D eigenvalue weighted by atomic mass is 16.2. The van der Waals surface area contributed by atoms with Crippen molar-refractivity contribution in [1.29, 1.82) is 0 Å². The van der Waals surface area contributed by atoms with E-state index in [0.29, 0.717) is 6.54 Å². The van der Waals surface area contributed by atoms with Crippen LogP contribution in [0.3, 0.4) is 0 Å². The van der Waals surface area contributed by atoms with Gasteiger partial charge in [-0.15, -0.1) is 6.58 Å². The molecule has 2 amide bonds. The molecule has 2 N–H and O–H groups in total. The SMILES string of the molecule is C=CCNC(=O)CC(=O)NN=C(C)CCc1ccccc1. The highest BCUT2D eigenvalue weighted by Gasteiger charge is 2.07. The van der Waals surface area contributed by atoms with Crippen LogP contribution in [-0.4, -0.2) is 24.1 Å². The molecule has 0 radical (unpaired) electrons. The van der Waals surface area contributed by atoms with Gasteiger partial charge in [-0.2, -0.15) is 5.10 Å². The molecule has 0 saturated heterocycles. The summed E-state index contributed by atoms with van der Waals surface area (Å²) >= 11 is 0. The maximum absolute atomic E-state index is 11.5. The minimum atomic E-state index is -0.421. The Labute approximate surface area is 125 Å². The number of nitrogens with zero attached hydrogens (tertiary/aromatic N) is 1. The van der Waals surface area contributed by atoms with Crippen LogP contribution in [0.25, 0.3) is 0 Å². The second-order valence-corrected chi connectivity index (χ2v) is 4.64. The zero-order valence-electron chi connectivity index (χ0n) is 12.3. The molecule has 0 saturated carbocycles. The average Bonchev–Trinajstić information content (AvgIpc) is 2.50. The van der Waals surface area contributed by atoms with Crippen molar-refractivity contribution < 1.29 is 9.59 Å². The third kappa shape index (κ3) is 7.67. The van der Waals surface area contributed by atoms with Crippen molar-refractivity contribution in [3.05, 3.63) is 48.6 Å². The van der Waals surface area contributed by atoms with Gasteiger partial charge in [0.25, 0.3) is 0 Å². The first-order valence-electron chi connectivity index (χ1n) is 6.85. The van der Waals surface area contributed by atoms with E-state index in [2.05, 4.69) is 34.6 Å². The number of aryl methyl sites for hydroxylation is 1. The fraction of sp³-hybridized carbons (Fsp3) is 0.312. The largest absolute Gasteiger partial charge is 0.352 e. The molecular weight excluding hydrogens is 266 g/mol. The first-order chi connectivity index (χ1) is 10.1. The highest BCUT2D eigenvalue weighted by molar-refractivity contribution is 5.97. The van der Waals surface area contributed by atoms with E-state index in [1.165, 1.54) is 5.56 Å². The molecule has 5 nitrogen and oxygen atoms in total. The number of benzene rings is 1. The van der Waals surface area contributed by atoms with Crippen molar-refractivity contribution in [1.82, 2.24) is 10.7 Å². The summed E-state index contributed by atoms with van der Waals surface area (Å²) in [5.74, 6) is -0.764. The number of nitrogens with one attached hydrogen (secondary N) is 2. The van der Waals surface area contributed by atoms with Gasteiger partial charge in [0.2, 0.25) is 11.8 Å². The van der Waals surface area contributed by atoms with Crippen molar-refractivity contribution in [2.24, 2.45) is 5.10 Å². The van der Waals surface area contributed by atoms with Crippen molar-refractivity contribution >= 4 is 17.5 Å². The quantitative estimate of drug-likeness (QED) is 0.331. The summed E-state index contributed by atoms with van der Waals surface area (Å²) in [7, 11) is 0. The maximum Gasteiger partial charge on any atom is 0.249 e. The molecule has 1 aromatic rings. The first kappa shape index (κ1) is 16.6. The molecule has 112 valence electrons. The number of hydrogen-bond acceptors (Lipinski definition) is 3. The lowest BCUT2D eigenvalue weighted by molar-refractivity contribution is -0.129. The van der Waals surface area contributed by atoms with Crippen molar-refractivity contribution in [2.45, 2.75) is 26.2 Å². The third-order valence-corrected chi connectivity index (χ3v) is 2.75. The lowest BCUT2D eigenvalue weighted by Crippen LogP contribution is -2.30. The van der Waals surface area contributed by atoms with E-state index < -0.39 is 5.91 Å². The second kappa shape index (κ2) is 9.47. The molecule has 1 rings (SSSR count). The van der Waals surface area contributed by atoms with Crippen molar-refractivity contribution in [3.8, 4) is 0 Å². The molecule has 0 unspecified atom stereocenters. The van der Waals surface area contributed by atoms with Crippen molar-refractivity contribution in [3.63, 3.8) is 0 Å². The van der Waals surface area contributed by atoms with E-state index in [4.69, 9.17) is 0 Å². The zero-order valence-corrected chi connectivity index (χ0v) is 12.3. The minimum absolute atomic E-state index is 0.233. The van der Waals surface area contributed by atoms with E-state index in [-0.39, 0.29) is 12.3 Å². The van der Waals surface area contributed by atoms with Gasteiger partial charge >= 0.3 is 0 Å². The number of amides is 2. The number of rotatable bonds is 8. The molecule has 0 fully saturated rings. The van der Waals surface area contributed by atoms with E-state index in [9.17, 15) is 9.59 Å². The molecule has 5 heteroatoms. The molecule has 0 bridgehead atoms. The predicted octanol–water partition coefficient (Wildman–Crippen LogP) is 1.80. The Balaban J connectivity index is 2.29. The summed E-state index contributed by atoms with van der Waals surface area (Å²) in [4.78, 5) is 22.8. The van der Waals surface area contributed by atoms with Crippen LogP contribution < -0.4 is 10.7 Å². The van der Waals surface area contributed by atoms with Gasteiger partial charge in [0.15, 0.2) is 0 Å². The van der Waals surface area contributed by atoms with Gasteiger partial charge in [0.05, 0.1) is 0 Å². The summed E-state index contributed by atoms with van der Waals surface area (Å²) in [6.45, 7) is 5.68. The van der Waals surface area contributed by atoms with Crippen LogP contribution in [0.1, 0.15) is 25.3 Å². The van der Waals surface area contributed by atoms with Gasteiger partial charge in [-0.1, -0.05) is 36.4 Å². The Morgan fingerprint density at radius 2 is 1.95 bits per heavy atom. The molecular formula is C16H21N3O2. The Kier molecular flexibility index (Phi) is 7.50. The van der Waals surface area contributed by atoms with Crippen LogP contribution in [0, 0.1) is 0 Å². The Hall–Kier alpha value is -2.43. The van der Waals surface area contributed by atoms with Crippen LogP contribution in [0.4, 0.5) is 0 Å². The van der Waals surface area contributed by atoms with Gasteiger partial charge in [0.1, 0.15) is 6.42 Å². The summed E-state index contributed by atoms with van der Waals surface area (Å²) in [6, 6.07) is 10.1. The van der Waals surface area contributed by atoms with Gasteiger partial charge < -0.3 is 5.32 Å². The number of carbonyl (C=O) groups excluding carboxylic acids is 2. The summed E-state index contributed by atoms with van der Waals surface area (Å²) in [5.41, 5.74) is 4.43. The Bertz CT molecular complexity index is 510. The topological polar surface area (TPSA) is 70.6 Å². The average molecular weight is 287 g/mol. The lowest BCUT2D eigenvalue weighted by Gasteiger charge is -2.04. The van der Waals surface area contributed by atoms with Crippen LogP contribution in [-0.2, 0) is 16.0 Å². The molecule has 0 spiro atoms. The first-order valence-corrected chi connectivity index (χ1v) is 6.85. The number of carbonyl (C=O) groups is 2. The van der Waals surface area contributed by atoms with Gasteiger partial charge in [0, 0.05) is 12.3 Å². The van der Waals surface area contributed by atoms with Gasteiger partial charge in [-0.3, -0.25) is 9.59 Å². The lowest BCUT2D eigenvalue weighted by atomic mass is 10.1. The molecule has 0 aromatic heterocycles. The second-order valence-electron chi connectivity index (χ2n) is 4.64. The van der Waals surface area contributed by atoms with Gasteiger partial charge in [-0.25, -0.2) is 5.43 Å². The molecule has 21 heavy (non-hydrogen) atoms. The minimum Gasteiger partial charge on any atom is -0.352 e. The Morgan fingerprint density at radius 3 is 2.62 bits per heavy atom. The standard InChI is InChI=1S/C16H21N3O2/c1-3-11-17-15(20)12-16(21)19-18-13(2)9-10-14-7-5-4-6-8-14/h3-8H,1,9-12H2,2H3,(H,17,20)(H,19,21). The van der Waals surface area contributed by atoms with E-state index in [1.54, 1.807) is 6.08 Å². The smallest absolute Gasteiger partial charge is 0.249 e. The monoisotopic (exact) mass is 287 g/mol. The molecule has 0 aliphatic rings. The predicted molar refractivity (Wildman–Crippen MR) is 83.8 cm³/mol. The van der Waals surface area contributed by atoms with Gasteiger partial charge in [-0.05, 0) is 25.3 Å². The van der Waals surface area contributed by atoms with Crippen molar-refractivity contribution in [2.75, 3.05) is 6.54 Å². The molecule has 0 heterocycles. The van der Waals surface area contributed by atoms with E-state index >= 15 is 0 Å².